The summed E-state index contributed by atoms with van der Waals surface area (Å²) >= 11 is 1.34. The molecular formula is C12H20N4OS. The first kappa shape index (κ1) is 13.1. The molecule has 1 fully saturated rings. The summed E-state index contributed by atoms with van der Waals surface area (Å²) in [6, 6.07) is 0.289. The van der Waals surface area contributed by atoms with Gasteiger partial charge >= 0.3 is 0 Å². The number of nitrogen functional groups attached to an aromatic ring is 1. The molecule has 1 aromatic rings. The molecule has 1 saturated heterocycles. The van der Waals surface area contributed by atoms with Crippen LogP contribution >= 0.6 is 11.3 Å². The lowest BCUT2D eigenvalue weighted by Gasteiger charge is -2.20. The average molecular weight is 268 g/mol. The Hall–Kier alpha value is -1.30. The topological polar surface area (TPSA) is 71.2 Å². The number of nitrogens with two attached hydrogens (primary N) is 1. The third-order valence-electron chi connectivity index (χ3n) is 3.22. The van der Waals surface area contributed by atoms with Gasteiger partial charge in [-0.05, 0) is 26.2 Å². The number of aromatic nitrogens is 1. The van der Waals surface area contributed by atoms with Crippen molar-refractivity contribution in [2.24, 2.45) is 5.92 Å². The number of hydrogen-bond acceptors (Lipinski definition) is 5. The van der Waals surface area contributed by atoms with Crippen molar-refractivity contribution in [3.63, 3.8) is 0 Å². The summed E-state index contributed by atoms with van der Waals surface area (Å²) in [6.45, 7) is 7.84. The maximum atomic E-state index is 12.4. The Morgan fingerprint density at radius 2 is 2.33 bits per heavy atom. The number of nitrogens with zero attached hydrogens (tertiary/aromatic N) is 2. The highest BCUT2D eigenvalue weighted by Gasteiger charge is 2.32. The van der Waals surface area contributed by atoms with Gasteiger partial charge in [-0.1, -0.05) is 18.3 Å². The van der Waals surface area contributed by atoms with E-state index in [1.54, 1.807) is 0 Å². The Bertz CT molecular complexity index is 445. The second-order valence-corrected chi connectivity index (χ2v) is 5.91. The number of carbonyl (C=O) groups is 1. The smallest absolute Gasteiger partial charge is 0.268 e. The first-order valence-electron chi connectivity index (χ1n) is 6.34. The minimum Gasteiger partial charge on any atom is -0.382 e. The van der Waals surface area contributed by atoms with Crippen LogP contribution < -0.4 is 11.1 Å². The summed E-state index contributed by atoms with van der Waals surface area (Å²) in [5.74, 6) is 0.921. The maximum Gasteiger partial charge on any atom is 0.268 e. The van der Waals surface area contributed by atoms with Crippen molar-refractivity contribution in [2.45, 2.75) is 33.2 Å². The molecule has 3 N–H and O–H groups in total. The number of anilines is 2. The molecule has 18 heavy (non-hydrogen) atoms. The molecule has 1 aliphatic heterocycles. The lowest BCUT2D eigenvalue weighted by molar-refractivity contribution is 0.0749. The van der Waals surface area contributed by atoms with Crippen molar-refractivity contribution in [3.8, 4) is 0 Å². The van der Waals surface area contributed by atoms with Gasteiger partial charge < -0.3 is 16.0 Å². The van der Waals surface area contributed by atoms with Crippen LogP contribution in [-0.4, -0.2) is 34.9 Å². The van der Waals surface area contributed by atoms with Gasteiger partial charge in [0.25, 0.3) is 5.91 Å². The van der Waals surface area contributed by atoms with Crippen molar-refractivity contribution in [1.29, 1.82) is 0 Å². The van der Waals surface area contributed by atoms with Crippen LogP contribution in [-0.2, 0) is 0 Å². The zero-order chi connectivity index (χ0) is 13.3. The number of carbonyl (C=O) groups excluding carboxylic acids is 1. The van der Waals surface area contributed by atoms with E-state index < -0.39 is 0 Å². The summed E-state index contributed by atoms with van der Waals surface area (Å²) in [7, 11) is 0. The number of thiazole rings is 1. The number of amides is 1. The summed E-state index contributed by atoms with van der Waals surface area (Å²) in [5, 5.41) is 3.81. The van der Waals surface area contributed by atoms with E-state index in [0.717, 1.165) is 24.6 Å². The standard InChI is InChI=1S/C12H20N4OS/c1-4-14-12-15-10(13)9(18-12)11(17)16-6-7(2)5-8(16)3/h7-8H,4-6,13H2,1-3H3,(H,14,15). The molecule has 0 spiro atoms. The third kappa shape index (κ3) is 2.43. The Kier molecular flexibility index (Phi) is 3.75. The van der Waals surface area contributed by atoms with Crippen molar-refractivity contribution in [3.05, 3.63) is 4.88 Å². The first-order valence-corrected chi connectivity index (χ1v) is 7.15. The predicted octanol–water partition coefficient (Wildman–Crippen LogP) is 2.03. The van der Waals surface area contributed by atoms with Crippen LogP contribution in [0, 0.1) is 5.92 Å². The zero-order valence-electron chi connectivity index (χ0n) is 11.1. The quantitative estimate of drug-likeness (QED) is 0.880. The lowest BCUT2D eigenvalue weighted by atomic mass is 10.1. The van der Waals surface area contributed by atoms with E-state index >= 15 is 0 Å². The molecule has 6 heteroatoms. The van der Waals surface area contributed by atoms with Gasteiger partial charge in [0.2, 0.25) is 0 Å². The van der Waals surface area contributed by atoms with E-state index in [1.165, 1.54) is 11.3 Å². The first-order chi connectivity index (χ1) is 8.52. The molecule has 2 atom stereocenters. The van der Waals surface area contributed by atoms with Gasteiger partial charge in [-0.25, -0.2) is 4.98 Å². The molecular weight excluding hydrogens is 248 g/mol. The molecule has 0 aromatic carbocycles. The summed E-state index contributed by atoms with van der Waals surface area (Å²) in [4.78, 5) is 19.1. The number of likely N-dealkylation sites (tertiary alicyclic amines) is 1. The van der Waals surface area contributed by atoms with Gasteiger partial charge in [0, 0.05) is 19.1 Å². The van der Waals surface area contributed by atoms with Crippen LogP contribution in [0.25, 0.3) is 0 Å². The van der Waals surface area contributed by atoms with E-state index in [0.29, 0.717) is 16.6 Å². The summed E-state index contributed by atoms with van der Waals surface area (Å²) in [6.07, 6.45) is 1.06. The fraction of sp³-hybridized carbons (Fsp3) is 0.667. The van der Waals surface area contributed by atoms with Crippen molar-refractivity contribution < 1.29 is 4.79 Å². The average Bonchev–Trinajstić information content (AvgIpc) is 2.82. The van der Waals surface area contributed by atoms with Gasteiger partial charge in [-0.2, -0.15) is 0 Å². The third-order valence-corrected chi connectivity index (χ3v) is 4.24. The van der Waals surface area contributed by atoms with E-state index in [1.807, 2.05) is 11.8 Å². The highest BCUT2D eigenvalue weighted by molar-refractivity contribution is 7.18. The monoisotopic (exact) mass is 268 g/mol. The molecule has 0 radical (unpaired) electrons. The molecule has 2 rings (SSSR count). The largest absolute Gasteiger partial charge is 0.382 e. The van der Waals surface area contributed by atoms with Crippen LogP contribution in [0.2, 0.25) is 0 Å². The Labute approximate surface area is 111 Å². The van der Waals surface area contributed by atoms with Gasteiger partial charge in [0.15, 0.2) is 5.13 Å². The number of nitrogens with one attached hydrogen (secondary N) is 1. The Balaban J connectivity index is 2.18. The van der Waals surface area contributed by atoms with E-state index in [2.05, 4.69) is 24.1 Å². The molecule has 5 nitrogen and oxygen atoms in total. The molecule has 2 heterocycles. The van der Waals surface area contributed by atoms with Crippen molar-refractivity contribution >= 4 is 28.2 Å². The van der Waals surface area contributed by atoms with Crippen LogP contribution in [0.3, 0.4) is 0 Å². The van der Waals surface area contributed by atoms with E-state index in [4.69, 9.17) is 5.73 Å². The van der Waals surface area contributed by atoms with Crippen molar-refractivity contribution in [1.82, 2.24) is 9.88 Å². The second-order valence-electron chi connectivity index (χ2n) is 4.91. The fourth-order valence-corrected chi connectivity index (χ4v) is 3.33. The summed E-state index contributed by atoms with van der Waals surface area (Å²) in [5.41, 5.74) is 5.83. The van der Waals surface area contributed by atoms with E-state index in [9.17, 15) is 4.79 Å². The summed E-state index contributed by atoms with van der Waals surface area (Å²) < 4.78 is 0. The highest BCUT2D eigenvalue weighted by atomic mass is 32.1. The van der Waals surface area contributed by atoms with Gasteiger partial charge in [0.1, 0.15) is 10.7 Å². The molecule has 1 amide bonds. The molecule has 0 saturated carbocycles. The van der Waals surface area contributed by atoms with E-state index in [-0.39, 0.29) is 11.9 Å². The zero-order valence-corrected chi connectivity index (χ0v) is 11.9. The fourth-order valence-electron chi connectivity index (χ4n) is 2.43. The minimum absolute atomic E-state index is 0.0194. The Morgan fingerprint density at radius 3 is 2.89 bits per heavy atom. The maximum absolute atomic E-state index is 12.4. The SMILES string of the molecule is CCNc1nc(N)c(C(=O)N2CC(C)CC2C)s1. The van der Waals surface area contributed by atoms with Crippen LogP contribution in [0.1, 0.15) is 36.9 Å². The molecule has 1 aliphatic rings. The Morgan fingerprint density at radius 1 is 1.61 bits per heavy atom. The van der Waals surface area contributed by atoms with Crippen LogP contribution in [0.15, 0.2) is 0 Å². The van der Waals surface area contributed by atoms with Crippen molar-refractivity contribution in [2.75, 3.05) is 24.1 Å². The minimum atomic E-state index is 0.0194. The molecule has 100 valence electrons. The molecule has 0 aliphatic carbocycles. The predicted molar refractivity (Wildman–Crippen MR) is 75.0 cm³/mol. The van der Waals surface area contributed by atoms with Gasteiger partial charge in [0.05, 0.1) is 0 Å². The molecule has 1 aromatic heterocycles. The normalized spacial score (nSPS) is 23.4. The highest BCUT2D eigenvalue weighted by Crippen LogP contribution is 2.30. The lowest BCUT2D eigenvalue weighted by Crippen LogP contribution is -2.33. The molecule has 2 unspecified atom stereocenters. The second kappa shape index (κ2) is 5.14. The molecule has 0 bridgehead atoms. The van der Waals surface area contributed by atoms with Crippen LogP contribution in [0.5, 0.6) is 0 Å². The van der Waals surface area contributed by atoms with Gasteiger partial charge in [-0.3, -0.25) is 4.79 Å². The van der Waals surface area contributed by atoms with Crippen LogP contribution in [0.4, 0.5) is 10.9 Å². The number of rotatable bonds is 3. The number of hydrogen-bond donors (Lipinski definition) is 2. The van der Waals surface area contributed by atoms with Gasteiger partial charge in [-0.15, -0.1) is 0 Å².